The maximum Gasteiger partial charge on any atom is 0.417 e. The second-order valence-corrected chi connectivity index (χ2v) is 6.68. The first-order chi connectivity index (χ1) is 12.5. The highest BCUT2D eigenvalue weighted by molar-refractivity contribution is 5.85. The topological polar surface area (TPSA) is 51.7 Å². The minimum Gasteiger partial charge on any atom is -0.497 e. The lowest BCUT2D eigenvalue weighted by Crippen LogP contribution is -2.36. The van der Waals surface area contributed by atoms with Crippen molar-refractivity contribution in [1.29, 1.82) is 0 Å². The largest absolute Gasteiger partial charge is 0.497 e. The Morgan fingerprint density at radius 3 is 2.85 bits per heavy atom. The lowest BCUT2D eigenvalue weighted by Gasteiger charge is -2.27. The van der Waals surface area contributed by atoms with Crippen molar-refractivity contribution in [3.63, 3.8) is 0 Å². The molecule has 132 valence electrons. The SMILES string of the molecule is COc1cccc(CN2Cc3cc4cc(C)cc(C)c4nc3OC2=O)c1. The van der Waals surface area contributed by atoms with Crippen LogP contribution in [0, 0.1) is 13.8 Å². The number of aryl methyl sites for hydroxylation is 2. The van der Waals surface area contributed by atoms with E-state index in [1.54, 1.807) is 12.0 Å². The maximum absolute atomic E-state index is 12.4. The summed E-state index contributed by atoms with van der Waals surface area (Å²) >= 11 is 0. The summed E-state index contributed by atoms with van der Waals surface area (Å²) in [7, 11) is 1.63. The highest BCUT2D eigenvalue weighted by Crippen LogP contribution is 2.30. The molecule has 1 aliphatic heterocycles. The van der Waals surface area contributed by atoms with E-state index in [0.29, 0.717) is 19.0 Å². The van der Waals surface area contributed by atoms with Gasteiger partial charge in [0.15, 0.2) is 0 Å². The van der Waals surface area contributed by atoms with Crippen molar-refractivity contribution in [2.75, 3.05) is 7.11 Å². The van der Waals surface area contributed by atoms with Crippen LogP contribution in [0.3, 0.4) is 0 Å². The Morgan fingerprint density at radius 1 is 1.19 bits per heavy atom. The molecule has 2 heterocycles. The first-order valence-electron chi connectivity index (χ1n) is 8.54. The standard InChI is InChI=1S/C21H20N2O3/c1-13-7-14(2)19-16(8-13)10-17-12-23(21(24)26-20(17)22-19)11-15-5-4-6-18(9-15)25-3/h4-10H,11-12H2,1-3H3. The zero-order chi connectivity index (χ0) is 18.3. The molecule has 4 rings (SSSR count). The lowest BCUT2D eigenvalue weighted by molar-refractivity contribution is 0.133. The Kier molecular flexibility index (Phi) is 3.99. The average Bonchev–Trinajstić information content (AvgIpc) is 2.61. The van der Waals surface area contributed by atoms with E-state index in [1.165, 1.54) is 5.56 Å². The van der Waals surface area contributed by atoms with Gasteiger partial charge in [-0.2, -0.15) is 0 Å². The van der Waals surface area contributed by atoms with E-state index in [1.807, 2.05) is 31.2 Å². The number of methoxy groups -OCH3 is 1. The normalized spacial score (nSPS) is 13.5. The van der Waals surface area contributed by atoms with Gasteiger partial charge in [0.2, 0.25) is 5.88 Å². The molecule has 26 heavy (non-hydrogen) atoms. The van der Waals surface area contributed by atoms with Crippen LogP contribution in [0.1, 0.15) is 22.3 Å². The van der Waals surface area contributed by atoms with E-state index in [-0.39, 0.29) is 6.09 Å². The summed E-state index contributed by atoms with van der Waals surface area (Å²) in [6.07, 6.45) is -0.378. The summed E-state index contributed by atoms with van der Waals surface area (Å²) in [4.78, 5) is 18.7. The number of hydrogen-bond donors (Lipinski definition) is 0. The van der Waals surface area contributed by atoms with Crippen LogP contribution in [-0.4, -0.2) is 23.1 Å². The van der Waals surface area contributed by atoms with Gasteiger partial charge in [0.05, 0.1) is 19.2 Å². The number of ether oxygens (including phenoxy) is 2. The molecule has 5 nitrogen and oxygen atoms in total. The molecule has 0 unspecified atom stereocenters. The van der Waals surface area contributed by atoms with Crippen molar-refractivity contribution in [3.8, 4) is 11.6 Å². The van der Waals surface area contributed by atoms with E-state index in [9.17, 15) is 4.79 Å². The number of carbonyl (C=O) groups excluding carboxylic acids is 1. The molecule has 0 atom stereocenters. The van der Waals surface area contributed by atoms with Gasteiger partial charge < -0.3 is 9.47 Å². The Hall–Kier alpha value is -3.08. The fourth-order valence-electron chi connectivity index (χ4n) is 3.41. The zero-order valence-corrected chi connectivity index (χ0v) is 15.1. The van der Waals surface area contributed by atoms with Gasteiger partial charge in [-0.3, -0.25) is 4.90 Å². The molecule has 1 aromatic heterocycles. The zero-order valence-electron chi connectivity index (χ0n) is 15.1. The molecule has 0 radical (unpaired) electrons. The second-order valence-electron chi connectivity index (χ2n) is 6.68. The van der Waals surface area contributed by atoms with Gasteiger partial charge in [-0.15, -0.1) is 0 Å². The molecular formula is C21H20N2O3. The summed E-state index contributed by atoms with van der Waals surface area (Å²) in [6, 6.07) is 14.0. The Bertz CT molecular complexity index is 1010. The third-order valence-corrected chi connectivity index (χ3v) is 4.60. The smallest absolute Gasteiger partial charge is 0.417 e. The predicted molar refractivity (Wildman–Crippen MR) is 99.5 cm³/mol. The van der Waals surface area contributed by atoms with E-state index in [2.05, 4.69) is 30.1 Å². The predicted octanol–water partition coefficient (Wildman–Crippen LogP) is 4.37. The number of aromatic nitrogens is 1. The number of fused-ring (bicyclic) bond motifs is 2. The van der Waals surface area contributed by atoms with Crippen LogP contribution in [-0.2, 0) is 13.1 Å². The molecule has 0 fully saturated rings. The summed E-state index contributed by atoms with van der Waals surface area (Å²) in [5.74, 6) is 1.18. The summed E-state index contributed by atoms with van der Waals surface area (Å²) in [6.45, 7) is 5.02. The van der Waals surface area contributed by atoms with Crippen molar-refractivity contribution < 1.29 is 14.3 Å². The van der Waals surface area contributed by atoms with Gasteiger partial charge in [0, 0.05) is 17.5 Å². The highest BCUT2D eigenvalue weighted by Gasteiger charge is 2.27. The van der Waals surface area contributed by atoms with Gasteiger partial charge in [0.1, 0.15) is 5.75 Å². The van der Waals surface area contributed by atoms with E-state index in [0.717, 1.165) is 33.3 Å². The minimum atomic E-state index is -0.378. The van der Waals surface area contributed by atoms with Gasteiger partial charge in [-0.25, -0.2) is 9.78 Å². The van der Waals surface area contributed by atoms with Gasteiger partial charge in [-0.1, -0.05) is 23.8 Å². The molecule has 3 aromatic rings. The first-order valence-corrected chi connectivity index (χ1v) is 8.54. The molecule has 0 N–H and O–H groups in total. The van der Waals surface area contributed by atoms with E-state index < -0.39 is 0 Å². The van der Waals surface area contributed by atoms with Crippen LogP contribution in [0.5, 0.6) is 11.6 Å². The third kappa shape index (κ3) is 2.96. The number of hydrogen-bond acceptors (Lipinski definition) is 4. The van der Waals surface area contributed by atoms with Gasteiger partial charge >= 0.3 is 6.09 Å². The molecule has 2 aromatic carbocycles. The van der Waals surface area contributed by atoms with E-state index >= 15 is 0 Å². The number of rotatable bonds is 3. The van der Waals surface area contributed by atoms with Gasteiger partial charge in [-0.05, 0) is 49.2 Å². The van der Waals surface area contributed by atoms with Crippen molar-refractivity contribution in [1.82, 2.24) is 9.88 Å². The maximum atomic E-state index is 12.4. The van der Waals surface area contributed by atoms with Crippen molar-refractivity contribution in [2.24, 2.45) is 0 Å². The fourth-order valence-corrected chi connectivity index (χ4v) is 3.41. The molecular weight excluding hydrogens is 328 g/mol. The molecule has 1 amide bonds. The van der Waals surface area contributed by atoms with Crippen LogP contribution >= 0.6 is 0 Å². The van der Waals surface area contributed by atoms with Crippen LogP contribution in [0.15, 0.2) is 42.5 Å². The first kappa shape index (κ1) is 16.4. The van der Waals surface area contributed by atoms with E-state index in [4.69, 9.17) is 9.47 Å². The molecule has 0 saturated carbocycles. The number of amides is 1. The second kappa shape index (κ2) is 6.33. The minimum absolute atomic E-state index is 0.378. The number of carbonyl (C=O) groups is 1. The number of benzene rings is 2. The molecule has 0 aliphatic carbocycles. The Morgan fingerprint density at radius 2 is 2.04 bits per heavy atom. The Labute approximate surface area is 152 Å². The fraction of sp³-hybridized carbons (Fsp3) is 0.238. The average molecular weight is 348 g/mol. The van der Waals surface area contributed by atoms with Crippen molar-refractivity contribution in [2.45, 2.75) is 26.9 Å². The molecule has 0 spiro atoms. The number of pyridine rings is 1. The van der Waals surface area contributed by atoms with Crippen LogP contribution < -0.4 is 9.47 Å². The molecule has 5 heteroatoms. The highest BCUT2D eigenvalue weighted by atomic mass is 16.6. The third-order valence-electron chi connectivity index (χ3n) is 4.60. The lowest BCUT2D eigenvalue weighted by atomic mass is 10.0. The number of nitrogens with zero attached hydrogens (tertiary/aromatic N) is 2. The van der Waals surface area contributed by atoms with Gasteiger partial charge in [0.25, 0.3) is 0 Å². The van der Waals surface area contributed by atoms with Crippen molar-refractivity contribution >= 4 is 17.0 Å². The molecule has 0 bridgehead atoms. The molecule has 1 aliphatic rings. The summed E-state index contributed by atoms with van der Waals surface area (Å²) < 4.78 is 10.8. The van der Waals surface area contributed by atoms with Crippen molar-refractivity contribution in [3.05, 3.63) is 64.7 Å². The molecule has 0 saturated heterocycles. The summed E-state index contributed by atoms with van der Waals surface area (Å²) in [5.41, 5.74) is 5.06. The monoisotopic (exact) mass is 348 g/mol. The van der Waals surface area contributed by atoms with Crippen LogP contribution in [0.25, 0.3) is 10.9 Å². The van der Waals surface area contributed by atoms with Crippen LogP contribution in [0.2, 0.25) is 0 Å². The quantitative estimate of drug-likeness (QED) is 0.705. The van der Waals surface area contributed by atoms with Crippen LogP contribution in [0.4, 0.5) is 4.79 Å². The Balaban J connectivity index is 1.66. The summed E-state index contributed by atoms with van der Waals surface area (Å²) in [5, 5.41) is 1.07.